The van der Waals surface area contributed by atoms with Gasteiger partial charge in [-0.2, -0.15) is 9.61 Å². The van der Waals surface area contributed by atoms with Gasteiger partial charge in [-0.15, -0.1) is 0 Å². The van der Waals surface area contributed by atoms with E-state index in [0.29, 0.717) is 16.9 Å². The molecular weight excluding hydrogens is 300 g/mol. The van der Waals surface area contributed by atoms with Gasteiger partial charge in [-0.25, -0.2) is 4.98 Å². The van der Waals surface area contributed by atoms with E-state index in [9.17, 15) is 4.79 Å². The first-order valence-corrected chi connectivity index (χ1v) is 8.69. The second kappa shape index (κ2) is 5.72. The van der Waals surface area contributed by atoms with Crippen molar-refractivity contribution < 1.29 is 4.74 Å². The molecule has 0 N–H and O–H groups in total. The second-order valence-corrected chi connectivity index (χ2v) is 7.45. The lowest BCUT2D eigenvalue weighted by Crippen LogP contribution is -2.32. The van der Waals surface area contributed by atoms with Crippen LogP contribution in [0, 0.1) is 12.8 Å². The fraction of sp³-hybridized carbons (Fsp3) is 0.667. The summed E-state index contributed by atoms with van der Waals surface area (Å²) in [4.78, 5) is 20.0. The quantitative estimate of drug-likeness (QED) is 0.835. The van der Waals surface area contributed by atoms with Gasteiger partial charge < -0.3 is 4.74 Å². The van der Waals surface area contributed by atoms with Crippen LogP contribution in [0.5, 0.6) is 0 Å². The maximum absolute atomic E-state index is 12.2. The molecule has 0 bridgehead atoms. The van der Waals surface area contributed by atoms with Crippen molar-refractivity contribution in [1.29, 1.82) is 0 Å². The molecule has 7 heteroatoms. The number of aromatic nitrogens is 3. The summed E-state index contributed by atoms with van der Waals surface area (Å²) in [5, 5.41) is 5.06. The van der Waals surface area contributed by atoms with Gasteiger partial charge in [0.15, 0.2) is 0 Å². The zero-order chi connectivity index (χ0) is 15.1. The first-order chi connectivity index (χ1) is 10.7. The normalized spacial score (nSPS) is 22.0. The third-order valence-corrected chi connectivity index (χ3v) is 5.17. The van der Waals surface area contributed by atoms with Crippen LogP contribution in [0.25, 0.3) is 4.96 Å². The number of hydrogen-bond acceptors (Lipinski definition) is 6. The molecule has 0 amide bonds. The zero-order valence-corrected chi connectivity index (χ0v) is 13.5. The molecule has 118 valence electrons. The van der Waals surface area contributed by atoms with Gasteiger partial charge in [0.1, 0.15) is 5.01 Å². The van der Waals surface area contributed by atoms with Crippen LogP contribution in [0.2, 0.25) is 0 Å². The Balaban J connectivity index is 1.56. The van der Waals surface area contributed by atoms with E-state index in [2.05, 4.69) is 15.0 Å². The number of hydrogen-bond donors (Lipinski definition) is 0. The van der Waals surface area contributed by atoms with Gasteiger partial charge in [-0.1, -0.05) is 11.3 Å². The van der Waals surface area contributed by atoms with E-state index in [-0.39, 0.29) is 5.56 Å². The SMILES string of the molecule is Cc1nn2c(=O)cc(CN(C[C@H]3CCOC3)C3CC3)nc2s1. The van der Waals surface area contributed by atoms with Crippen molar-refractivity contribution in [3.63, 3.8) is 0 Å². The predicted octanol–water partition coefficient (Wildman–Crippen LogP) is 1.46. The summed E-state index contributed by atoms with van der Waals surface area (Å²) in [6.07, 6.45) is 3.66. The summed E-state index contributed by atoms with van der Waals surface area (Å²) in [6.45, 7) is 5.45. The third-order valence-electron chi connectivity index (χ3n) is 4.34. The standard InChI is InChI=1S/C15H20N4O2S/c1-10-17-19-14(20)6-12(16-15(19)22-10)8-18(13-2-3-13)7-11-4-5-21-9-11/h6,11,13H,2-5,7-9H2,1H3/t11-/m1/s1. The maximum atomic E-state index is 12.2. The molecule has 1 saturated heterocycles. The predicted molar refractivity (Wildman–Crippen MR) is 84.2 cm³/mol. The lowest BCUT2D eigenvalue weighted by atomic mass is 10.1. The molecule has 2 fully saturated rings. The van der Waals surface area contributed by atoms with Gasteiger partial charge in [0.05, 0.1) is 12.3 Å². The first kappa shape index (κ1) is 14.3. The molecule has 4 rings (SSSR count). The topological polar surface area (TPSA) is 59.7 Å². The lowest BCUT2D eigenvalue weighted by Gasteiger charge is -2.24. The van der Waals surface area contributed by atoms with Gasteiger partial charge in [0.25, 0.3) is 5.56 Å². The summed E-state index contributed by atoms with van der Waals surface area (Å²) >= 11 is 1.47. The molecule has 3 heterocycles. The van der Waals surface area contributed by atoms with Crippen LogP contribution < -0.4 is 5.56 Å². The van der Waals surface area contributed by atoms with Crippen LogP contribution in [0.15, 0.2) is 10.9 Å². The monoisotopic (exact) mass is 320 g/mol. The minimum absolute atomic E-state index is 0.0794. The fourth-order valence-corrected chi connectivity index (χ4v) is 3.85. The molecule has 1 saturated carbocycles. The highest BCUT2D eigenvalue weighted by Crippen LogP contribution is 2.30. The van der Waals surface area contributed by atoms with Gasteiger partial charge in [0.2, 0.25) is 4.96 Å². The molecule has 2 aromatic rings. The van der Waals surface area contributed by atoms with Crippen molar-refractivity contribution in [3.05, 3.63) is 27.1 Å². The van der Waals surface area contributed by atoms with Gasteiger partial charge in [0, 0.05) is 31.8 Å². The zero-order valence-electron chi connectivity index (χ0n) is 12.7. The van der Waals surface area contributed by atoms with E-state index >= 15 is 0 Å². The first-order valence-electron chi connectivity index (χ1n) is 7.87. The largest absolute Gasteiger partial charge is 0.381 e. The van der Waals surface area contributed by atoms with Crippen LogP contribution in [0.4, 0.5) is 0 Å². The van der Waals surface area contributed by atoms with E-state index in [1.807, 2.05) is 6.92 Å². The van der Waals surface area contributed by atoms with Crippen molar-refractivity contribution in [3.8, 4) is 0 Å². The minimum atomic E-state index is -0.0794. The Morgan fingerprint density at radius 2 is 2.32 bits per heavy atom. The van der Waals surface area contributed by atoms with Crippen LogP contribution in [0.1, 0.15) is 30.0 Å². The van der Waals surface area contributed by atoms with Crippen molar-refractivity contribution in [2.45, 2.75) is 38.8 Å². The summed E-state index contributed by atoms with van der Waals surface area (Å²) in [5.74, 6) is 0.621. The Labute approximate surface area is 132 Å². The van der Waals surface area contributed by atoms with E-state index in [4.69, 9.17) is 4.74 Å². The summed E-state index contributed by atoms with van der Waals surface area (Å²) in [5.41, 5.74) is 0.781. The molecule has 1 aliphatic carbocycles. The van der Waals surface area contributed by atoms with E-state index < -0.39 is 0 Å². The highest BCUT2D eigenvalue weighted by Gasteiger charge is 2.32. The summed E-state index contributed by atoms with van der Waals surface area (Å²) < 4.78 is 6.88. The Morgan fingerprint density at radius 3 is 3.05 bits per heavy atom. The Hall–Kier alpha value is -1.31. The fourth-order valence-electron chi connectivity index (χ4n) is 3.08. The van der Waals surface area contributed by atoms with Crippen LogP contribution in [-0.4, -0.2) is 45.3 Å². The summed E-state index contributed by atoms with van der Waals surface area (Å²) in [7, 11) is 0. The molecule has 0 unspecified atom stereocenters. The minimum Gasteiger partial charge on any atom is -0.381 e. The highest BCUT2D eigenvalue weighted by atomic mass is 32.1. The van der Waals surface area contributed by atoms with E-state index in [1.165, 1.54) is 28.7 Å². The Morgan fingerprint density at radius 1 is 1.45 bits per heavy atom. The lowest BCUT2D eigenvalue weighted by molar-refractivity contribution is 0.161. The van der Waals surface area contributed by atoms with Crippen LogP contribution in [-0.2, 0) is 11.3 Å². The highest BCUT2D eigenvalue weighted by molar-refractivity contribution is 7.16. The second-order valence-electron chi connectivity index (χ2n) is 6.29. The molecule has 1 atom stereocenters. The van der Waals surface area contributed by atoms with Gasteiger partial charge in [-0.05, 0) is 32.1 Å². The van der Waals surface area contributed by atoms with E-state index in [0.717, 1.165) is 43.4 Å². The smallest absolute Gasteiger partial charge is 0.275 e. The van der Waals surface area contributed by atoms with Crippen molar-refractivity contribution >= 4 is 16.3 Å². The molecule has 1 aliphatic heterocycles. The number of fused-ring (bicyclic) bond motifs is 1. The van der Waals surface area contributed by atoms with Crippen molar-refractivity contribution in [2.75, 3.05) is 19.8 Å². The molecular formula is C15H20N4O2S. The number of rotatable bonds is 5. The maximum Gasteiger partial charge on any atom is 0.275 e. The van der Waals surface area contributed by atoms with Crippen LogP contribution >= 0.6 is 11.3 Å². The average molecular weight is 320 g/mol. The molecule has 0 radical (unpaired) electrons. The third kappa shape index (κ3) is 2.93. The van der Waals surface area contributed by atoms with Crippen molar-refractivity contribution in [2.24, 2.45) is 5.92 Å². The average Bonchev–Trinajstić information content (AvgIpc) is 3.07. The summed E-state index contributed by atoms with van der Waals surface area (Å²) in [6, 6.07) is 2.29. The van der Waals surface area contributed by atoms with E-state index in [1.54, 1.807) is 6.07 Å². The molecule has 0 spiro atoms. The molecule has 22 heavy (non-hydrogen) atoms. The molecule has 2 aliphatic rings. The molecule has 0 aromatic carbocycles. The molecule has 6 nitrogen and oxygen atoms in total. The molecule has 2 aromatic heterocycles. The number of ether oxygens (including phenoxy) is 1. The Kier molecular flexibility index (Phi) is 3.71. The number of nitrogens with zero attached hydrogens (tertiary/aromatic N) is 4. The van der Waals surface area contributed by atoms with Gasteiger partial charge >= 0.3 is 0 Å². The van der Waals surface area contributed by atoms with Crippen LogP contribution in [0.3, 0.4) is 0 Å². The van der Waals surface area contributed by atoms with Gasteiger partial charge in [-0.3, -0.25) is 9.69 Å². The number of aryl methyl sites for hydroxylation is 1. The van der Waals surface area contributed by atoms with Crippen molar-refractivity contribution in [1.82, 2.24) is 19.5 Å². The Bertz CT molecular complexity index is 731.